The Labute approximate surface area is 115 Å². The Morgan fingerprint density at radius 1 is 1.56 bits per heavy atom. The zero-order valence-electron chi connectivity index (χ0n) is 10.1. The van der Waals surface area contributed by atoms with Gasteiger partial charge in [-0.15, -0.1) is 0 Å². The molecule has 0 bridgehead atoms. The first-order valence-electron chi connectivity index (χ1n) is 5.75. The van der Waals surface area contributed by atoms with Gasteiger partial charge in [0.15, 0.2) is 0 Å². The quantitative estimate of drug-likeness (QED) is 0.644. The van der Waals surface area contributed by atoms with Crippen molar-refractivity contribution in [2.75, 3.05) is 12.8 Å². The Morgan fingerprint density at radius 3 is 2.78 bits per heavy atom. The van der Waals surface area contributed by atoms with E-state index in [1.54, 1.807) is 6.07 Å². The minimum Gasteiger partial charge on any atom is -0.311 e. The van der Waals surface area contributed by atoms with Gasteiger partial charge in [0.1, 0.15) is 0 Å². The number of thioether (sulfide) groups is 1. The molecule has 1 saturated carbocycles. The van der Waals surface area contributed by atoms with Gasteiger partial charge in [-0.25, -0.2) is 0 Å². The average molecular weight is 287 g/mol. The highest BCUT2D eigenvalue weighted by Crippen LogP contribution is 2.46. The summed E-state index contributed by atoms with van der Waals surface area (Å²) in [6, 6.07) is 4.61. The molecule has 1 aromatic carbocycles. The molecular formula is C12H15ClN2O2S. The van der Waals surface area contributed by atoms with Crippen molar-refractivity contribution in [3.63, 3.8) is 0 Å². The molecule has 4 nitrogen and oxygen atoms in total. The van der Waals surface area contributed by atoms with Crippen LogP contribution >= 0.6 is 23.4 Å². The summed E-state index contributed by atoms with van der Waals surface area (Å²) in [6.45, 7) is 1.61. The molecule has 18 heavy (non-hydrogen) atoms. The van der Waals surface area contributed by atoms with E-state index in [-0.39, 0.29) is 5.69 Å². The first-order valence-corrected chi connectivity index (χ1v) is 7.35. The van der Waals surface area contributed by atoms with Crippen molar-refractivity contribution in [3.8, 4) is 0 Å². The van der Waals surface area contributed by atoms with Crippen LogP contribution in [0.2, 0.25) is 5.02 Å². The van der Waals surface area contributed by atoms with Crippen molar-refractivity contribution in [1.82, 2.24) is 5.32 Å². The number of benzene rings is 1. The standard InChI is InChI=1S/C12H15ClN2O2S/c1-18-12(4-5-12)8-14-7-9-2-3-10(15(16)17)6-11(9)13/h2-3,6,14H,4-5,7-8H2,1H3. The SMILES string of the molecule is CSC1(CNCc2ccc([N+](=O)[O-])cc2Cl)CC1. The van der Waals surface area contributed by atoms with Crippen LogP contribution in [0.3, 0.4) is 0 Å². The largest absolute Gasteiger partial charge is 0.311 e. The molecule has 2 rings (SSSR count). The second kappa shape index (κ2) is 5.47. The fraction of sp³-hybridized carbons (Fsp3) is 0.500. The molecule has 0 aliphatic heterocycles. The Morgan fingerprint density at radius 2 is 2.28 bits per heavy atom. The van der Waals surface area contributed by atoms with Crippen molar-refractivity contribution >= 4 is 29.1 Å². The molecule has 1 fully saturated rings. The van der Waals surface area contributed by atoms with E-state index in [1.165, 1.54) is 25.0 Å². The maximum Gasteiger partial charge on any atom is 0.270 e. The number of rotatable bonds is 6. The highest BCUT2D eigenvalue weighted by Gasteiger charge is 2.41. The summed E-state index contributed by atoms with van der Waals surface area (Å²) in [6.07, 6.45) is 4.65. The molecule has 0 atom stereocenters. The van der Waals surface area contributed by atoms with Crippen LogP contribution in [0.1, 0.15) is 18.4 Å². The second-order valence-corrected chi connectivity index (χ2v) is 6.20. The molecule has 0 radical (unpaired) electrons. The van der Waals surface area contributed by atoms with Crippen LogP contribution in [0.25, 0.3) is 0 Å². The Bertz CT molecular complexity index is 463. The van der Waals surface area contributed by atoms with E-state index in [9.17, 15) is 10.1 Å². The monoisotopic (exact) mass is 286 g/mol. The topological polar surface area (TPSA) is 55.2 Å². The molecule has 0 heterocycles. The molecule has 0 amide bonds. The maximum absolute atomic E-state index is 10.6. The number of hydrogen-bond acceptors (Lipinski definition) is 4. The van der Waals surface area contributed by atoms with Gasteiger partial charge in [-0.1, -0.05) is 11.6 Å². The number of nitrogens with one attached hydrogen (secondary N) is 1. The molecule has 1 aliphatic rings. The van der Waals surface area contributed by atoms with Gasteiger partial charge in [-0.2, -0.15) is 11.8 Å². The predicted octanol–water partition coefficient (Wildman–Crippen LogP) is 3.23. The Hall–Kier alpha value is -0.780. The van der Waals surface area contributed by atoms with Crippen LogP contribution < -0.4 is 5.32 Å². The van der Waals surface area contributed by atoms with Crippen molar-refractivity contribution in [2.24, 2.45) is 0 Å². The van der Waals surface area contributed by atoms with Crippen molar-refractivity contribution in [3.05, 3.63) is 38.9 Å². The summed E-state index contributed by atoms with van der Waals surface area (Å²) in [5.74, 6) is 0. The number of halogens is 1. The van der Waals surface area contributed by atoms with Gasteiger partial charge >= 0.3 is 0 Å². The predicted molar refractivity (Wildman–Crippen MR) is 75.3 cm³/mol. The third kappa shape index (κ3) is 3.16. The first kappa shape index (κ1) is 13.6. The number of hydrogen-bond donors (Lipinski definition) is 1. The van der Waals surface area contributed by atoms with E-state index >= 15 is 0 Å². The summed E-state index contributed by atoms with van der Waals surface area (Å²) >= 11 is 7.92. The van der Waals surface area contributed by atoms with E-state index in [0.29, 0.717) is 16.3 Å². The van der Waals surface area contributed by atoms with E-state index in [0.717, 1.165) is 12.1 Å². The lowest BCUT2D eigenvalue weighted by molar-refractivity contribution is -0.384. The maximum atomic E-state index is 10.6. The smallest absolute Gasteiger partial charge is 0.270 e. The molecule has 0 unspecified atom stereocenters. The lowest BCUT2D eigenvalue weighted by atomic mass is 10.2. The van der Waals surface area contributed by atoms with E-state index < -0.39 is 4.92 Å². The first-order chi connectivity index (χ1) is 8.56. The Balaban J connectivity index is 1.91. The number of non-ortho nitro benzene ring substituents is 1. The lowest BCUT2D eigenvalue weighted by Crippen LogP contribution is -2.25. The molecule has 0 aromatic heterocycles. The van der Waals surface area contributed by atoms with Crippen LogP contribution in [-0.4, -0.2) is 22.5 Å². The zero-order valence-corrected chi connectivity index (χ0v) is 11.7. The van der Waals surface area contributed by atoms with Crippen LogP contribution in [0, 0.1) is 10.1 Å². The minimum atomic E-state index is -0.435. The van der Waals surface area contributed by atoms with Gasteiger partial charge in [-0.05, 0) is 30.7 Å². The van der Waals surface area contributed by atoms with Crippen molar-refractivity contribution in [1.29, 1.82) is 0 Å². The molecule has 0 spiro atoms. The molecule has 0 saturated heterocycles. The fourth-order valence-electron chi connectivity index (χ4n) is 1.81. The summed E-state index contributed by atoms with van der Waals surface area (Å²) in [7, 11) is 0. The van der Waals surface area contributed by atoms with Crippen LogP contribution in [0.15, 0.2) is 18.2 Å². The van der Waals surface area contributed by atoms with Gasteiger partial charge in [0.05, 0.1) is 9.95 Å². The lowest BCUT2D eigenvalue weighted by Gasteiger charge is -2.13. The Kier molecular flexibility index (Phi) is 4.14. The third-order valence-electron chi connectivity index (χ3n) is 3.25. The number of nitrogens with zero attached hydrogens (tertiary/aromatic N) is 1. The molecule has 98 valence electrons. The molecule has 6 heteroatoms. The zero-order chi connectivity index (χ0) is 13.2. The average Bonchev–Trinajstić information content (AvgIpc) is 3.11. The minimum absolute atomic E-state index is 0.0338. The molecular weight excluding hydrogens is 272 g/mol. The highest BCUT2D eigenvalue weighted by molar-refractivity contribution is 8.00. The van der Waals surface area contributed by atoms with E-state index in [4.69, 9.17) is 11.6 Å². The molecule has 1 aliphatic carbocycles. The van der Waals surface area contributed by atoms with E-state index in [2.05, 4.69) is 11.6 Å². The molecule has 1 aromatic rings. The summed E-state index contributed by atoms with van der Waals surface area (Å²) < 4.78 is 0.410. The fourth-order valence-corrected chi connectivity index (χ4v) is 2.81. The van der Waals surface area contributed by atoms with Gasteiger partial charge in [-0.3, -0.25) is 10.1 Å². The van der Waals surface area contributed by atoms with Crippen LogP contribution in [0.4, 0.5) is 5.69 Å². The summed E-state index contributed by atoms with van der Waals surface area (Å²) in [5.41, 5.74) is 0.936. The van der Waals surface area contributed by atoms with Gasteiger partial charge in [0.2, 0.25) is 0 Å². The van der Waals surface area contributed by atoms with Crippen LogP contribution in [0.5, 0.6) is 0 Å². The van der Waals surface area contributed by atoms with Crippen molar-refractivity contribution in [2.45, 2.75) is 24.1 Å². The van der Waals surface area contributed by atoms with Crippen LogP contribution in [-0.2, 0) is 6.54 Å². The number of nitro benzene ring substituents is 1. The normalized spacial score (nSPS) is 16.6. The molecule has 1 N–H and O–H groups in total. The van der Waals surface area contributed by atoms with Gasteiger partial charge in [0, 0.05) is 30.0 Å². The van der Waals surface area contributed by atoms with Crippen molar-refractivity contribution < 1.29 is 4.92 Å². The number of nitro groups is 1. The second-order valence-electron chi connectivity index (χ2n) is 4.52. The van der Waals surface area contributed by atoms with Gasteiger partial charge < -0.3 is 5.32 Å². The van der Waals surface area contributed by atoms with E-state index in [1.807, 2.05) is 11.8 Å². The summed E-state index contributed by atoms with van der Waals surface area (Å²) in [4.78, 5) is 10.2. The highest BCUT2D eigenvalue weighted by atomic mass is 35.5. The van der Waals surface area contributed by atoms with Gasteiger partial charge in [0.25, 0.3) is 5.69 Å². The summed E-state index contributed by atoms with van der Waals surface area (Å²) in [5, 5.41) is 14.4. The third-order valence-corrected chi connectivity index (χ3v) is 5.02.